The molecule has 4 nitrogen and oxygen atoms in total. The number of rotatable bonds is 5. The molecular formula is C12H20ClNO3. The zero-order valence-electron chi connectivity index (χ0n) is 10.3. The number of aromatic hydroxyl groups is 1. The van der Waals surface area contributed by atoms with Crippen LogP contribution >= 0.6 is 12.4 Å². The smallest absolute Gasteiger partial charge is 0.160 e. The van der Waals surface area contributed by atoms with Gasteiger partial charge >= 0.3 is 0 Å². The molecule has 0 amide bonds. The summed E-state index contributed by atoms with van der Waals surface area (Å²) >= 11 is 0. The van der Waals surface area contributed by atoms with E-state index in [-0.39, 0.29) is 18.2 Å². The molecule has 3 N–H and O–H groups in total. The monoisotopic (exact) mass is 261 g/mol. The number of ether oxygens (including phenoxy) is 1. The number of nitrogens with one attached hydrogen (secondary N) is 1. The second-order valence-corrected chi connectivity index (χ2v) is 4.01. The highest BCUT2D eigenvalue weighted by atomic mass is 35.5. The number of hydrogen-bond donors (Lipinski definition) is 3. The number of aliphatic hydroxyl groups excluding tert-OH is 1. The van der Waals surface area contributed by atoms with E-state index in [0.29, 0.717) is 23.9 Å². The van der Waals surface area contributed by atoms with Gasteiger partial charge in [-0.15, -0.1) is 12.4 Å². The van der Waals surface area contributed by atoms with Crippen LogP contribution in [0.5, 0.6) is 11.5 Å². The highest BCUT2D eigenvalue weighted by Gasteiger charge is 2.10. The van der Waals surface area contributed by atoms with Crippen molar-refractivity contribution < 1.29 is 14.9 Å². The Morgan fingerprint density at radius 2 is 2.00 bits per heavy atom. The Morgan fingerprint density at radius 1 is 1.35 bits per heavy atom. The van der Waals surface area contributed by atoms with E-state index in [2.05, 4.69) is 5.32 Å². The van der Waals surface area contributed by atoms with Crippen LogP contribution < -0.4 is 10.1 Å². The van der Waals surface area contributed by atoms with Crippen LogP contribution in [0.3, 0.4) is 0 Å². The van der Waals surface area contributed by atoms with Crippen LogP contribution in [0.2, 0.25) is 0 Å². The number of aliphatic hydroxyl groups is 1. The molecule has 0 heterocycles. The largest absolute Gasteiger partial charge is 0.504 e. The Kier molecular flexibility index (Phi) is 6.95. The molecule has 0 fully saturated rings. The van der Waals surface area contributed by atoms with Crippen LogP contribution in [0.1, 0.15) is 25.5 Å². The molecular weight excluding hydrogens is 242 g/mol. The number of phenolic OH excluding ortho intramolecular Hbond substituents is 1. The molecule has 1 atom stereocenters. The van der Waals surface area contributed by atoms with E-state index in [1.807, 2.05) is 13.8 Å². The Balaban J connectivity index is 0.00000256. The van der Waals surface area contributed by atoms with Crippen molar-refractivity contribution in [2.75, 3.05) is 13.7 Å². The van der Waals surface area contributed by atoms with Crippen molar-refractivity contribution in [2.24, 2.45) is 0 Å². The zero-order chi connectivity index (χ0) is 12.1. The fraction of sp³-hybridized carbons (Fsp3) is 0.500. The van der Waals surface area contributed by atoms with Gasteiger partial charge in [0.25, 0.3) is 0 Å². The van der Waals surface area contributed by atoms with Crippen LogP contribution in [0.15, 0.2) is 18.2 Å². The second kappa shape index (κ2) is 7.37. The zero-order valence-corrected chi connectivity index (χ0v) is 11.1. The molecule has 0 saturated carbocycles. The lowest BCUT2D eigenvalue weighted by atomic mass is 10.1. The normalized spacial score (nSPS) is 12.1. The molecule has 1 aromatic carbocycles. The van der Waals surface area contributed by atoms with Crippen molar-refractivity contribution in [2.45, 2.75) is 26.0 Å². The van der Waals surface area contributed by atoms with Crippen LogP contribution in [0.25, 0.3) is 0 Å². The van der Waals surface area contributed by atoms with E-state index < -0.39 is 6.10 Å². The standard InChI is InChI=1S/C12H19NO3.ClH/c1-8(2)13-7-11(15)9-4-5-12(16-3)10(14)6-9;/h4-6,8,11,13-15H,7H2,1-3H3;1H. The lowest BCUT2D eigenvalue weighted by Gasteiger charge is -2.15. The molecule has 0 aliphatic carbocycles. The fourth-order valence-corrected chi connectivity index (χ4v) is 1.38. The number of benzene rings is 1. The third kappa shape index (κ3) is 4.81. The predicted molar refractivity (Wildman–Crippen MR) is 70.0 cm³/mol. The van der Waals surface area contributed by atoms with E-state index in [0.717, 1.165) is 0 Å². The van der Waals surface area contributed by atoms with E-state index in [9.17, 15) is 10.2 Å². The molecule has 0 aliphatic rings. The Bertz CT molecular complexity index is 345. The predicted octanol–water partition coefficient (Wildman–Crippen LogP) is 1.85. The van der Waals surface area contributed by atoms with Crippen molar-refractivity contribution in [3.63, 3.8) is 0 Å². The van der Waals surface area contributed by atoms with Crippen molar-refractivity contribution >= 4 is 12.4 Å². The summed E-state index contributed by atoms with van der Waals surface area (Å²) in [5.74, 6) is 0.455. The van der Waals surface area contributed by atoms with Gasteiger partial charge in [-0.2, -0.15) is 0 Å². The summed E-state index contributed by atoms with van der Waals surface area (Å²) < 4.78 is 4.93. The summed E-state index contributed by atoms with van der Waals surface area (Å²) in [7, 11) is 1.49. The lowest BCUT2D eigenvalue weighted by Crippen LogP contribution is -2.27. The van der Waals surface area contributed by atoms with Gasteiger partial charge in [0.05, 0.1) is 13.2 Å². The molecule has 5 heteroatoms. The van der Waals surface area contributed by atoms with E-state index in [1.165, 1.54) is 13.2 Å². The van der Waals surface area contributed by atoms with Crippen molar-refractivity contribution in [1.82, 2.24) is 5.32 Å². The second-order valence-electron chi connectivity index (χ2n) is 4.01. The van der Waals surface area contributed by atoms with Gasteiger partial charge in [0.1, 0.15) is 0 Å². The maximum atomic E-state index is 9.84. The molecule has 1 rings (SSSR count). The molecule has 1 unspecified atom stereocenters. The maximum absolute atomic E-state index is 9.84. The molecule has 0 radical (unpaired) electrons. The summed E-state index contributed by atoms with van der Waals surface area (Å²) in [5.41, 5.74) is 0.673. The molecule has 98 valence electrons. The van der Waals surface area contributed by atoms with Gasteiger partial charge in [-0.1, -0.05) is 19.9 Å². The van der Waals surface area contributed by atoms with Gasteiger partial charge < -0.3 is 20.3 Å². The minimum Gasteiger partial charge on any atom is -0.504 e. The van der Waals surface area contributed by atoms with Gasteiger partial charge in [-0.3, -0.25) is 0 Å². The number of phenols is 1. The fourth-order valence-electron chi connectivity index (χ4n) is 1.38. The van der Waals surface area contributed by atoms with Gasteiger partial charge in [-0.05, 0) is 17.7 Å². The molecule has 0 aromatic heterocycles. The molecule has 1 aromatic rings. The first-order valence-electron chi connectivity index (χ1n) is 5.33. The van der Waals surface area contributed by atoms with Gasteiger partial charge in [0.15, 0.2) is 11.5 Å². The van der Waals surface area contributed by atoms with Crippen molar-refractivity contribution in [3.8, 4) is 11.5 Å². The number of halogens is 1. The minimum absolute atomic E-state index is 0. The third-order valence-electron chi connectivity index (χ3n) is 2.31. The molecule has 0 saturated heterocycles. The Labute approximate surface area is 108 Å². The van der Waals surface area contributed by atoms with Crippen LogP contribution in [0, 0.1) is 0 Å². The van der Waals surface area contributed by atoms with Gasteiger partial charge in [0, 0.05) is 12.6 Å². The quantitative estimate of drug-likeness (QED) is 0.757. The van der Waals surface area contributed by atoms with Gasteiger partial charge in [-0.25, -0.2) is 0 Å². The minimum atomic E-state index is -0.626. The molecule has 17 heavy (non-hydrogen) atoms. The highest BCUT2D eigenvalue weighted by molar-refractivity contribution is 5.85. The summed E-state index contributed by atoms with van der Waals surface area (Å²) in [4.78, 5) is 0. The summed E-state index contributed by atoms with van der Waals surface area (Å²) in [6.45, 7) is 4.49. The average molecular weight is 262 g/mol. The number of methoxy groups -OCH3 is 1. The first-order chi connectivity index (χ1) is 7.54. The molecule has 0 spiro atoms. The topological polar surface area (TPSA) is 61.7 Å². The summed E-state index contributed by atoms with van der Waals surface area (Å²) in [5, 5.41) is 22.5. The first-order valence-corrected chi connectivity index (χ1v) is 5.33. The van der Waals surface area contributed by atoms with Crippen LogP contribution in [0.4, 0.5) is 0 Å². The van der Waals surface area contributed by atoms with E-state index in [1.54, 1.807) is 12.1 Å². The average Bonchev–Trinajstić information content (AvgIpc) is 2.25. The van der Waals surface area contributed by atoms with Gasteiger partial charge in [0.2, 0.25) is 0 Å². The third-order valence-corrected chi connectivity index (χ3v) is 2.31. The molecule has 0 bridgehead atoms. The highest BCUT2D eigenvalue weighted by Crippen LogP contribution is 2.28. The van der Waals surface area contributed by atoms with Crippen LogP contribution in [-0.4, -0.2) is 29.9 Å². The SMILES string of the molecule is COc1ccc(C(O)CNC(C)C)cc1O.Cl. The summed E-state index contributed by atoms with van der Waals surface area (Å²) in [6.07, 6.45) is -0.626. The number of hydrogen-bond acceptors (Lipinski definition) is 4. The summed E-state index contributed by atoms with van der Waals surface area (Å²) in [6, 6.07) is 5.22. The van der Waals surface area contributed by atoms with E-state index >= 15 is 0 Å². The first kappa shape index (κ1) is 16.0. The Hall–Kier alpha value is -0.970. The molecule has 0 aliphatic heterocycles. The van der Waals surface area contributed by atoms with Crippen molar-refractivity contribution in [1.29, 1.82) is 0 Å². The van der Waals surface area contributed by atoms with E-state index in [4.69, 9.17) is 4.74 Å². The maximum Gasteiger partial charge on any atom is 0.160 e. The van der Waals surface area contributed by atoms with Crippen LogP contribution in [-0.2, 0) is 0 Å². The Morgan fingerprint density at radius 3 is 2.47 bits per heavy atom. The van der Waals surface area contributed by atoms with Crippen molar-refractivity contribution in [3.05, 3.63) is 23.8 Å². The lowest BCUT2D eigenvalue weighted by molar-refractivity contribution is 0.171.